The van der Waals surface area contributed by atoms with Crippen molar-refractivity contribution in [3.05, 3.63) is 24.0 Å². The summed E-state index contributed by atoms with van der Waals surface area (Å²) in [7, 11) is 1.40. The first-order valence-electron chi connectivity index (χ1n) is 5.93. The number of carbonyl (C=O) groups is 1. The highest BCUT2D eigenvalue weighted by Gasteiger charge is 2.01. The van der Waals surface area contributed by atoms with Crippen molar-refractivity contribution in [1.82, 2.24) is 4.98 Å². The molecule has 0 radical (unpaired) electrons. The lowest BCUT2D eigenvalue weighted by atomic mass is 10.2. The molecule has 96 valence electrons. The molecule has 0 spiro atoms. The second-order valence-corrected chi connectivity index (χ2v) is 3.82. The first-order valence-corrected chi connectivity index (χ1v) is 5.93. The van der Waals surface area contributed by atoms with Crippen LogP contribution in [0.1, 0.15) is 31.4 Å². The van der Waals surface area contributed by atoms with E-state index in [-0.39, 0.29) is 5.97 Å². The van der Waals surface area contributed by atoms with E-state index in [2.05, 4.69) is 15.0 Å². The smallest absolute Gasteiger partial charge is 0.305 e. The lowest BCUT2D eigenvalue weighted by Crippen LogP contribution is -2.05. The van der Waals surface area contributed by atoms with Crippen LogP contribution in [0.2, 0.25) is 0 Å². The highest BCUT2D eigenvalue weighted by atomic mass is 16.5. The van der Waals surface area contributed by atoms with E-state index in [1.165, 1.54) is 7.11 Å². The summed E-state index contributed by atoms with van der Waals surface area (Å²) in [4.78, 5) is 14.8. The van der Waals surface area contributed by atoms with E-state index in [1.807, 2.05) is 12.1 Å². The van der Waals surface area contributed by atoms with Gasteiger partial charge in [-0.1, -0.05) is 6.42 Å². The number of carbonyl (C=O) groups excluding carboxylic acids is 1. The maximum Gasteiger partial charge on any atom is 0.305 e. The molecule has 1 aromatic rings. The average molecular weight is 247 g/mol. The first-order chi connectivity index (χ1) is 8.77. The molecule has 0 aromatic carbocycles. The van der Waals surface area contributed by atoms with Crippen molar-refractivity contribution in [2.45, 2.75) is 25.7 Å². The van der Waals surface area contributed by atoms with Gasteiger partial charge in [0, 0.05) is 19.2 Å². The van der Waals surface area contributed by atoms with Crippen molar-refractivity contribution in [1.29, 1.82) is 5.26 Å². The maximum atomic E-state index is 10.9. The number of nitrogens with zero attached hydrogens (tertiary/aromatic N) is 2. The number of nitrogens with one attached hydrogen (secondary N) is 1. The van der Waals surface area contributed by atoms with Crippen LogP contribution < -0.4 is 5.32 Å². The maximum absolute atomic E-state index is 10.9. The fourth-order valence-corrected chi connectivity index (χ4v) is 1.53. The minimum atomic E-state index is -0.165. The lowest BCUT2D eigenvalue weighted by Gasteiger charge is -2.06. The number of hydrogen-bond donors (Lipinski definition) is 1. The minimum Gasteiger partial charge on any atom is -0.469 e. The summed E-state index contributed by atoms with van der Waals surface area (Å²) in [6, 6.07) is 5.66. The Hall–Kier alpha value is -2.09. The van der Waals surface area contributed by atoms with Crippen LogP contribution in [0, 0.1) is 11.3 Å². The number of aromatic nitrogens is 1. The Morgan fingerprint density at radius 3 is 3.06 bits per heavy atom. The van der Waals surface area contributed by atoms with Gasteiger partial charge >= 0.3 is 5.97 Å². The predicted octanol–water partition coefficient (Wildman–Crippen LogP) is 2.10. The van der Waals surface area contributed by atoms with Gasteiger partial charge in [0.25, 0.3) is 0 Å². The van der Waals surface area contributed by atoms with Crippen LogP contribution in [0.15, 0.2) is 18.3 Å². The van der Waals surface area contributed by atoms with Gasteiger partial charge in [0.2, 0.25) is 0 Å². The zero-order valence-corrected chi connectivity index (χ0v) is 10.5. The molecule has 1 aromatic heterocycles. The second-order valence-electron chi connectivity index (χ2n) is 3.82. The van der Waals surface area contributed by atoms with Crippen molar-refractivity contribution in [3.63, 3.8) is 0 Å². The Balaban J connectivity index is 2.18. The molecular weight excluding hydrogens is 230 g/mol. The van der Waals surface area contributed by atoms with Crippen molar-refractivity contribution in [2.75, 3.05) is 19.0 Å². The third-order valence-corrected chi connectivity index (χ3v) is 2.51. The Morgan fingerprint density at radius 2 is 2.33 bits per heavy atom. The Kier molecular flexibility index (Phi) is 6.26. The largest absolute Gasteiger partial charge is 0.469 e. The molecule has 0 atom stereocenters. The van der Waals surface area contributed by atoms with Crippen molar-refractivity contribution >= 4 is 11.7 Å². The molecule has 5 nitrogen and oxygen atoms in total. The molecule has 18 heavy (non-hydrogen) atoms. The van der Waals surface area contributed by atoms with Gasteiger partial charge in [-0.2, -0.15) is 5.26 Å². The molecule has 0 aliphatic heterocycles. The van der Waals surface area contributed by atoms with E-state index in [0.29, 0.717) is 12.1 Å². The normalized spacial score (nSPS) is 9.56. The molecule has 0 aliphatic carbocycles. The molecule has 1 rings (SSSR count). The molecule has 0 saturated heterocycles. The second kappa shape index (κ2) is 8.07. The highest BCUT2D eigenvalue weighted by molar-refractivity contribution is 5.68. The van der Waals surface area contributed by atoms with Crippen LogP contribution in [0.25, 0.3) is 0 Å². The van der Waals surface area contributed by atoms with Crippen molar-refractivity contribution < 1.29 is 9.53 Å². The fraction of sp³-hybridized carbons (Fsp3) is 0.462. The van der Waals surface area contributed by atoms with Gasteiger partial charge in [-0.3, -0.25) is 4.79 Å². The molecule has 0 aliphatic rings. The zero-order chi connectivity index (χ0) is 13.2. The van der Waals surface area contributed by atoms with Gasteiger partial charge in [-0.25, -0.2) is 4.98 Å². The Morgan fingerprint density at radius 1 is 1.50 bits per heavy atom. The number of rotatable bonds is 7. The number of esters is 1. The zero-order valence-electron chi connectivity index (χ0n) is 10.5. The van der Waals surface area contributed by atoms with E-state index >= 15 is 0 Å². The van der Waals surface area contributed by atoms with Crippen LogP contribution in [-0.2, 0) is 9.53 Å². The molecule has 1 heterocycles. The quantitative estimate of drug-likeness (QED) is 0.590. The van der Waals surface area contributed by atoms with Crippen molar-refractivity contribution in [2.24, 2.45) is 0 Å². The standard InChI is InChI=1S/C13H17N3O2/c1-18-13(17)7-3-2-4-8-15-11-6-5-9-16-12(11)10-14/h5-6,9,15H,2-4,7-8H2,1H3. The van der Waals surface area contributed by atoms with E-state index in [1.54, 1.807) is 12.3 Å². The average Bonchev–Trinajstić information content (AvgIpc) is 2.42. The molecule has 0 fully saturated rings. The summed E-state index contributed by atoms with van der Waals surface area (Å²) < 4.78 is 4.56. The Labute approximate surface area is 107 Å². The van der Waals surface area contributed by atoms with E-state index < -0.39 is 0 Å². The monoisotopic (exact) mass is 247 g/mol. The van der Waals surface area contributed by atoms with Crippen LogP contribution >= 0.6 is 0 Å². The van der Waals surface area contributed by atoms with Gasteiger partial charge in [-0.15, -0.1) is 0 Å². The van der Waals surface area contributed by atoms with Gasteiger partial charge in [0.05, 0.1) is 12.8 Å². The third-order valence-electron chi connectivity index (χ3n) is 2.51. The van der Waals surface area contributed by atoms with Gasteiger partial charge in [-0.05, 0) is 25.0 Å². The van der Waals surface area contributed by atoms with Crippen molar-refractivity contribution in [3.8, 4) is 6.07 Å². The molecule has 1 N–H and O–H groups in total. The van der Waals surface area contributed by atoms with Crippen LogP contribution in [0.5, 0.6) is 0 Å². The summed E-state index contributed by atoms with van der Waals surface area (Å²) in [6.45, 7) is 0.765. The first kappa shape index (κ1) is 14.0. The fourth-order valence-electron chi connectivity index (χ4n) is 1.53. The van der Waals surface area contributed by atoms with E-state index in [0.717, 1.165) is 31.5 Å². The molecule has 5 heteroatoms. The number of hydrogen-bond acceptors (Lipinski definition) is 5. The van der Waals surface area contributed by atoms with E-state index in [9.17, 15) is 4.79 Å². The molecule has 0 unspecified atom stereocenters. The minimum absolute atomic E-state index is 0.165. The van der Waals surface area contributed by atoms with Gasteiger partial charge < -0.3 is 10.1 Å². The molecule has 0 saturated carbocycles. The topological polar surface area (TPSA) is 75.0 Å². The van der Waals surface area contributed by atoms with Gasteiger partial charge in [0.1, 0.15) is 6.07 Å². The molecular formula is C13H17N3O2. The third kappa shape index (κ3) is 4.83. The summed E-state index contributed by atoms with van der Waals surface area (Å²) in [5.74, 6) is -0.165. The number of nitriles is 1. The highest BCUT2D eigenvalue weighted by Crippen LogP contribution is 2.11. The van der Waals surface area contributed by atoms with Gasteiger partial charge in [0.15, 0.2) is 5.69 Å². The molecule has 0 bridgehead atoms. The van der Waals surface area contributed by atoms with Crippen LogP contribution in [-0.4, -0.2) is 24.6 Å². The summed E-state index contributed by atoms with van der Waals surface area (Å²) in [6.07, 6.45) is 4.78. The van der Waals surface area contributed by atoms with E-state index in [4.69, 9.17) is 5.26 Å². The summed E-state index contributed by atoms with van der Waals surface area (Å²) >= 11 is 0. The lowest BCUT2D eigenvalue weighted by molar-refractivity contribution is -0.140. The van der Waals surface area contributed by atoms with Crippen LogP contribution in [0.3, 0.4) is 0 Å². The summed E-state index contributed by atoms with van der Waals surface area (Å²) in [5, 5.41) is 12.0. The SMILES string of the molecule is COC(=O)CCCCCNc1cccnc1C#N. The Bertz CT molecular complexity index is 426. The molecule has 0 amide bonds. The summed E-state index contributed by atoms with van der Waals surface area (Å²) in [5.41, 5.74) is 1.17. The number of pyridine rings is 1. The number of ether oxygens (including phenoxy) is 1. The van der Waals surface area contributed by atoms with Crippen LogP contribution in [0.4, 0.5) is 5.69 Å². The number of anilines is 1. The predicted molar refractivity (Wildman–Crippen MR) is 67.9 cm³/mol. The number of unbranched alkanes of at least 4 members (excludes halogenated alkanes) is 2. The number of methoxy groups -OCH3 is 1.